The van der Waals surface area contributed by atoms with E-state index in [4.69, 9.17) is 13.9 Å². The van der Waals surface area contributed by atoms with Crippen LogP contribution in [0, 0.1) is 12.3 Å². The average molecular weight is 619 g/mol. The number of fused-ring (bicyclic) bond motifs is 1. The first-order chi connectivity index (χ1) is 21.5. The van der Waals surface area contributed by atoms with E-state index in [0.717, 1.165) is 29.7 Å². The van der Waals surface area contributed by atoms with Crippen LogP contribution >= 0.6 is 0 Å². The van der Waals surface area contributed by atoms with Gasteiger partial charge >= 0.3 is 6.09 Å². The molecule has 2 fully saturated rings. The van der Waals surface area contributed by atoms with E-state index in [-0.39, 0.29) is 25.4 Å². The summed E-state index contributed by atoms with van der Waals surface area (Å²) < 4.78 is 17.0. The molecule has 3 N–H and O–H groups in total. The minimum atomic E-state index is -1.06. The number of benzene rings is 1. The van der Waals surface area contributed by atoms with Crippen LogP contribution in [0.4, 0.5) is 10.6 Å². The maximum atomic E-state index is 13.4. The number of anilines is 1. The van der Waals surface area contributed by atoms with Gasteiger partial charge in [0, 0.05) is 25.2 Å². The molecule has 2 atom stereocenters. The first-order valence-corrected chi connectivity index (χ1v) is 15.6. The summed E-state index contributed by atoms with van der Waals surface area (Å²) in [5.41, 5.74) is 2.64. The van der Waals surface area contributed by atoms with Crippen LogP contribution in [0.15, 0.2) is 41.4 Å². The molecule has 240 valence electrons. The molecular weight excluding hydrogens is 576 g/mol. The molecule has 12 nitrogen and oxygen atoms in total. The van der Waals surface area contributed by atoms with Gasteiger partial charge in [-0.05, 0) is 88.5 Å². The van der Waals surface area contributed by atoms with E-state index in [0.29, 0.717) is 35.2 Å². The van der Waals surface area contributed by atoms with Crippen LogP contribution < -0.4 is 15.4 Å². The number of carbonyl (C=O) groups is 2. The van der Waals surface area contributed by atoms with Crippen molar-refractivity contribution in [3.8, 4) is 5.75 Å². The lowest BCUT2D eigenvalue weighted by Crippen LogP contribution is -2.54. The number of amides is 2. The lowest BCUT2D eigenvalue weighted by Gasteiger charge is -2.54. The van der Waals surface area contributed by atoms with Gasteiger partial charge in [-0.15, -0.1) is 0 Å². The highest BCUT2D eigenvalue weighted by Gasteiger charge is 2.48. The van der Waals surface area contributed by atoms with Crippen LogP contribution in [0.25, 0.3) is 0 Å². The standard InChI is InChI=1S/C33H42N6O6/c1-20-28(44-19-37-20)17-43-24-7-6-21-11-26(39(16-22(21)10-24)31(42)45-32(2,3)4)27(40)15-34-30(41)25-12-29(36-18-35-25)38-23-13-33(14-23)8-5-9-33/h6-7,10,12,18-19,23,26-27,40H,5,8-9,11,13-17H2,1-4H3,(H,34,41)(H,35,36,38)/t26-,27+/m0/s1. The number of ether oxygens (including phenoxy) is 2. The molecule has 3 heterocycles. The van der Waals surface area contributed by atoms with E-state index in [1.165, 1.54) is 36.9 Å². The quantitative estimate of drug-likeness (QED) is 0.311. The number of hydrogen-bond donors (Lipinski definition) is 3. The van der Waals surface area contributed by atoms with Crippen molar-refractivity contribution in [2.24, 2.45) is 5.41 Å². The van der Waals surface area contributed by atoms with Gasteiger partial charge in [-0.2, -0.15) is 0 Å². The third-order valence-electron chi connectivity index (χ3n) is 9.13. The van der Waals surface area contributed by atoms with Crippen LogP contribution in [-0.4, -0.2) is 67.3 Å². The van der Waals surface area contributed by atoms with E-state index in [1.807, 2.05) is 25.1 Å². The summed E-state index contributed by atoms with van der Waals surface area (Å²) in [5.74, 6) is 1.46. The van der Waals surface area contributed by atoms with Crippen LogP contribution in [0.1, 0.15) is 85.9 Å². The van der Waals surface area contributed by atoms with Crippen molar-refractivity contribution < 1.29 is 28.6 Å². The summed E-state index contributed by atoms with van der Waals surface area (Å²) >= 11 is 0. The van der Waals surface area contributed by atoms with Gasteiger partial charge in [-0.25, -0.2) is 19.7 Å². The average Bonchev–Trinajstić information content (AvgIpc) is 3.38. The van der Waals surface area contributed by atoms with Crippen molar-refractivity contribution in [3.05, 3.63) is 65.3 Å². The zero-order chi connectivity index (χ0) is 31.8. The molecule has 0 radical (unpaired) electrons. The summed E-state index contributed by atoms with van der Waals surface area (Å²) in [5, 5.41) is 17.5. The monoisotopic (exact) mass is 618 g/mol. The smallest absolute Gasteiger partial charge is 0.410 e. The molecule has 2 amide bonds. The number of aryl methyl sites for hydroxylation is 1. The molecule has 1 spiro atoms. The Kier molecular flexibility index (Phi) is 8.43. The number of oxazole rings is 1. The minimum absolute atomic E-state index is 0.0756. The highest BCUT2D eigenvalue weighted by molar-refractivity contribution is 5.92. The van der Waals surface area contributed by atoms with Crippen LogP contribution in [0.5, 0.6) is 5.75 Å². The molecule has 0 saturated heterocycles. The first-order valence-electron chi connectivity index (χ1n) is 15.6. The molecule has 0 unspecified atom stereocenters. The van der Waals surface area contributed by atoms with Crippen molar-refractivity contribution in [3.63, 3.8) is 0 Å². The van der Waals surface area contributed by atoms with Gasteiger partial charge < -0.3 is 29.6 Å². The van der Waals surface area contributed by atoms with Gasteiger partial charge in [0.15, 0.2) is 12.2 Å². The first kappa shape index (κ1) is 30.8. The summed E-state index contributed by atoms with van der Waals surface area (Å²) in [4.78, 5) is 40.4. The van der Waals surface area contributed by atoms with E-state index in [1.54, 1.807) is 26.8 Å². The number of rotatable bonds is 9. The number of hydrogen-bond acceptors (Lipinski definition) is 10. The Bertz CT molecular complexity index is 1540. The molecule has 6 rings (SSSR count). The molecule has 2 saturated carbocycles. The Balaban J connectivity index is 1.10. The molecule has 2 aromatic heterocycles. The minimum Gasteiger partial charge on any atom is -0.486 e. The fourth-order valence-corrected chi connectivity index (χ4v) is 6.52. The van der Waals surface area contributed by atoms with Crippen molar-refractivity contribution in [2.45, 2.75) is 103 Å². The summed E-state index contributed by atoms with van der Waals surface area (Å²) in [6.45, 7) is 7.61. The number of carbonyl (C=O) groups excluding carboxylic acids is 2. The number of aromatic nitrogens is 3. The molecular formula is C33H42N6O6. The maximum Gasteiger partial charge on any atom is 0.410 e. The zero-order valence-corrected chi connectivity index (χ0v) is 26.3. The van der Waals surface area contributed by atoms with E-state index < -0.39 is 29.7 Å². The number of nitrogens with zero attached hydrogens (tertiary/aromatic N) is 4. The molecule has 3 aliphatic rings. The number of aliphatic hydroxyl groups excluding tert-OH is 1. The molecule has 0 bridgehead atoms. The Morgan fingerprint density at radius 1 is 1.16 bits per heavy atom. The molecule has 1 aromatic carbocycles. The topological polar surface area (TPSA) is 152 Å². The normalized spacial score (nSPS) is 19.6. The third kappa shape index (κ3) is 7.06. The van der Waals surface area contributed by atoms with Crippen molar-refractivity contribution in [2.75, 3.05) is 11.9 Å². The van der Waals surface area contributed by atoms with Gasteiger partial charge in [-0.3, -0.25) is 9.69 Å². The Labute approximate surface area is 262 Å². The predicted molar refractivity (Wildman–Crippen MR) is 165 cm³/mol. The van der Waals surface area contributed by atoms with Gasteiger partial charge in [0.2, 0.25) is 0 Å². The Morgan fingerprint density at radius 3 is 2.64 bits per heavy atom. The number of nitrogens with one attached hydrogen (secondary N) is 2. The van der Waals surface area contributed by atoms with Crippen LogP contribution in [0.3, 0.4) is 0 Å². The predicted octanol–water partition coefficient (Wildman–Crippen LogP) is 4.55. The molecule has 2 aliphatic carbocycles. The van der Waals surface area contributed by atoms with Gasteiger partial charge in [0.05, 0.1) is 17.8 Å². The van der Waals surface area contributed by atoms with Gasteiger partial charge in [-0.1, -0.05) is 12.5 Å². The fraction of sp³-hybridized carbons (Fsp3) is 0.545. The largest absolute Gasteiger partial charge is 0.486 e. The van der Waals surface area contributed by atoms with E-state index >= 15 is 0 Å². The Hall–Kier alpha value is -4.19. The summed E-state index contributed by atoms with van der Waals surface area (Å²) in [7, 11) is 0. The Morgan fingerprint density at radius 2 is 1.96 bits per heavy atom. The van der Waals surface area contributed by atoms with Crippen LogP contribution in [-0.2, 0) is 24.3 Å². The SMILES string of the molecule is Cc1ncoc1COc1ccc2c(c1)CN(C(=O)OC(C)(C)C)[C@H]([C@H](O)CNC(=O)c1cc(NC3CC4(CCC4)C3)ncn1)C2. The maximum absolute atomic E-state index is 13.4. The molecule has 12 heteroatoms. The van der Waals surface area contributed by atoms with Crippen molar-refractivity contribution >= 4 is 17.8 Å². The number of aliphatic hydroxyl groups is 1. The molecule has 3 aromatic rings. The second-order valence-electron chi connectivity index (χ2n) is 13.6. The second-order valence-corrected chi connectivity index (χ2v) is 13.6. The van der Waals surface area contributed by atoms with Crippen molar-refractivity contribution in [1.82, 2.24) is 25.2 Å². The lowest BCUT2D eigenvalue weighted by molar-refractivity contribution is -0.0113. The van der Waals surface area contributed by atoms with Crippen molar-refractivity contribution in [1.29, 1.82) is 0 Å². The lowest BCUT2D eigenvalue weighted by atomic mass is 9.54. The molecule has 1 aliphatic heterocycles. The van der Waals surface area contributed by atoms with E-state index in [2.05, 4.69) is 25.6 Å². The third-order valence-corrected chi connectivity index (χ3v) is 9.13. The highest BCUT2D eigenvalue weighted by atomic mass is 16.6. The van der Waals surface area contributed by atoms with Gasteiger partial charge in [0.25, 0.3) is 5.91 Å². The highest BCUT2D eigenvalue weighted by Crippen LogP contribution is 2.56. The fourth-order valence-electron chi connectivity index (χ4n) is 6.52. The van der Waals surface area contributed by atoms with Gasteiger partial charge in [0.1, 0.15) is 35.8 Å². The second kappa shape index (κ2) is 12.3. The van der Waals surface area contributed by atoms with Crippen LogP contribution in [0.2, 0.25) is 0 Å². The zero-order valence-electron chi connectivity index (χ0n) is 26.3. The summed E-state index contributed by atoms with van der Waals surface area (Å²) in [6, 6.07) is 7.06. The van der Waals surface area contributed by atoms with E-state index in [9.17, 15) is 14.7 Å². The molecule has 45 heavy (non-hydrogen) atoms. The summed E-state index contributed by atoms with van der Waals surface area (Å²) in [6.07, 6.45) is 7.74.